The normalized spacial score (nSPS) is 16.4. The van der Waals surface area contributed by atoms with Crippen molar-refractivity contribution in [2.75, 3.05) is 17.2 Å². The van der Waals surface area contributed by atoms with Gasteiger partial charge in [0.1, 0.15) is 11.2 Å². The number of thiazole rings is 1. The van der Waals surface area contributed by atoms with Crippen LogP contribution in [0.4, 0.5) is 17.2 Å². The van der Waals surface area contributed by atoms with E-state index in [2.05, 4.69) is 65.0 Å². The topological polar surface area (TPSA) is 53.1 Å². The van der Waals surface area contributed by atoms with Crippen LogP contribution < -0.4 is 10.6 Å². The SMILES string of the molecule is CCN1C=CSC1c1cnc(Nc2ccc3ncsc3c2)cc1NC(C)C. The van der Waals surface area contributed by atoms with Gasteiger partial charge >= 0.3 is 0 Å². The molecule has 0 aliphatic carbocycles. The van der Waals surface area contributed by atoms with E-state index in [-0.39, 0.29) is 5.37 Å². The van der Waals surface area contributed by atoms with Crippen LogP contribution in [0, 0.1) is 0 Å². The average Bonchev–Trinajstić information content (AvgIpc) is 3.30. The summed E-state index contributed by atoms with van der Waals surface area (Å²) in [5, 5.41) is 9.45. The van der Waals surface area contributed by atoms with Gasteiger partial charge < -0.3 is 15.5 Å². The Labute approximate surface area is 167 Å². The van der Waals surface area contributed by atoms with Gasteiger partial charge in [0, 0.05) is 48.0 Å². The minimum absolute atomic E-state index is 0.270. The Morgan fingerprint density at radius 3 is 2.93 bits per heavy atom. The molecule has 1 atom stereocenters. The van der Waals surface area contributed by atoms with Gasteiger partial charge in [-0.15, -0.1) is 23.1 Å². The molecule has 0 fully saturated rings. The third kappa shape index (κ3) is 3.89. The number of nitrogens with one attached hydrogen (secondary N) is 2. The zero-order valence-electron chi connectivity index (χ0n) is 15.6. The molecule has 7 heteroatoms. The number of fused-ring (bicyclic) bond motifs is 1. The molecule has 3 aromatic rings. The van der Waals surface area contributed by atoms with Crippen molar-refractivity contribution in [2.45, 2.75) is 32.2 Å². The number of hydrogen-bond acceptors (Lipinski definition) is 7. The minimum atomic E-state index is 0.270. The fourth-order valence-electron chi connectivity index (χ4n) is 3.12. The van der Waals surface area contributed by atoms with Gasteiger partial charge in [-0.2, -0.15) is 0 Å². The van der Waals surface area contributed by atoms with Crippen LogP contribution in [0.2, 0.25) is 0 Å². The number of hydrogen-bond donors (Lipinski definition) is 2. The van der Waals surface area contributed by atoms with Crippen molar-refractivity contribution in [3.05, 3.63) is 53.1 Å². The van der Waals surface area contributed by atoms with E-state index in [0.29, 0.717) is 6.04 Å². The number of benzene rings is 1. The monoisotopic (exact) mass is 397 g/mol. The highest BCUT2D eigenvalue weighted by Gasteiger charge is 2.24. The summed E-state index contributed by atoms with van der Waals surface area (Å²) in [5.74, 6) is 0.838. The van der Waals surface area contributed by atoms with E-state index in [1.54, 1.807) is 11.3 Å². The zero-order chi connectivity index (χ0) is 18.8. The van der Waals surface area contributed by atoms with Crippen molar-refractivity contribution in [3.63, 3.8) is 0 Å². The minimum Gasteiger partial charge on any atom is -0.382 e. The lowest BCUT2D eigenvalue weighted by molar-refractivity contribution is 0.388. The summed E-state index contributed by atoms with van der Waals surface area (Å²) in [6.45, 7) is 7.47. The second-order valence-corrected chi connectivity index (χ2v) is 8.60. The molecule has 0 saturated carbocycles. The highest BCUT2D eigenvalue weighted by molar-refractivity contribution is 8.02. The fraction of sp³-hybridized carbons (Fsp3) is 0.300. The molecule has 0 amide bonds. The van der Waals surface area contributed by atoms with Crippen molar-refractivity contribution in [2.24, 2.45) is 0 Å². The molecule has 1 aliphatic rings. The molecule has 140 valence electrons. The molecule has 2 N–H and O–H groups in total. The van der Waals surface area contributed by atoms with Crippen LogP contribution in [0.1, 0.15) is 31.7 Å². The number of thioether (sulfide) groups is 1. The van der Waals surface area contributed by atoms with Gasteiger partial charge in [-0.3, -0.25) is 0 Å². The van der Waals surface area contributed by atoms with Gasteiger partial charge in [-0.25, -0.2) is 9.97 Å². The summed E-state index contributed by atoms with van der Waals surface area (Å²) < 4.78 is 1.17. The second-order valence-electron chi connectivity index (χ2n) is 6.72. The van der Waals surface area contributed by atoms with Gasteiger partial charge in [0.15, 0.2) is 0 Å². The van der Waals surface area contributed by atoms with E-state index < -0.39 is 0 Å². The first kappa shape index (κ1) is 18.1. The van der Waals surface area contributed by atoms with Crippen LogP contribution in [0.15, 0.2) is 47.6 Å². The lowest BCUT2D eigenvalue weighted by atomic mass is 10.2. The van der Waals surface area contributed by atoms with Gasteiger partial charge in [0.2, 0.25) is 0 Å². The van der Waals surface area contributed by atoms with Crippen molar-refractivity contribution >= 4 is 50.5 Å². The zero-order valence-corrected chi connectivity index (χ0v) is 17.3. The van der Waals surface area contributed by atoms with Gasteiger partial charge in [0.05, 0.1) is 15.7 Å². The maximum absolute atomic E-state index is 4.69. The molecule has 2 aromatic heterocycles. The van der Waals surface area contributed by atoms with E-state index in [4.69, 9.17) is 4.98 Å². The van der Waals surface area contributed by atoms with E-state index >= 15 is 0 Å². The van der Waals surface area contributed by atoms with Crippen LogP contribution in [-0.2, 0) is 0 Å². The summed E-state index contributed by atoms with van der Waals surface area (Å²) in [5.41, 5.74) is 6.26. The van der Waals surface area contributed by atoms with Crippen molar-refractivity contribution in [3.8, 4) is 0 Å². The number of anilines is 3. The molecule has 5 nitrogen and oxygen atoms in total. The molecule has 27 heavy (non-hydrogen) atoms. The molecule has 0 saturated heterocycles. The number of pyridine rings is 1. The first-order chi connectivity index (χ1) is 13.1. The molecule has 0 spiro atoms. The molecule has 1 aromatic carbocycles. The van der Waals surface area contributed by atoms with Crippen LogP contribution in [0.5, 0.6) is 0 Å². The lowest BCUT2D eigenvalue weighted by Crippen LogP contribution is -2.20. The third-order valence-corrected chi connectivity index (χ3v) is 6.23. The second kappa shape index (κ2) is 7.78. The Hall–Kier alpha value is -2.25. The number of aromatic nitrogens is 2. The highest BCUT2D eigenvalue weighted by Crippen LogP contribution is 2.42. The van der Waals surface area contributed by atoms with E-state index in [1.165, 1.54) is 10.3 Å². The molecule has 3 heterocycles. The maximum Gasteiger partial charge on any atom is 0.132 e. The van der Waals surface area contributed by atoms with Crippen molar-refractivity contribution < 1.29 is 0 Å². The summed E-state index contributed by atoms with van der Waals surface area (Å²) in [7, 11) is 0. The Kier molecular flexibility index (Phi) is 5.22. The Balaban J connectivity index is 1.63. The third-order valence-electron chi connectivity index (χ3n) is 4.37. The first-order valence-corrected chi connectivity index (χ1v) is 10.9. The predicted molar refractivity (Wildman–Crippen MR) is 118 cm³/mol. The van der Waals surface area contributed by atoms with E-state index in [1.807, 2.05) is 35.6 Å². The van der Waals surface area contributed by atoms with Gasteiger partial charge in [0.25, 0.3) is 0 Å². The van der Waals surface area contributed by atoms with Crippen LogP contribution in [-0.4, -0.2) is 27.5 Å². The Morgan fingerprint density at radius 2 is 2.11 bits per heavy atom. The quantitative estimate of drug-likeness (QED) is 0.549. The molecular weight excluding hydrogens is 374 g/mol. The summed E-state index contributed by atoms with van der Waals surface area (Å²) >= 11 is 3.47. The molecular formula is C20H23N5S2. The molecule has 0 radical (unpaired) electrons. The largest absolute Gasteiger partial charge is 0.382 e. The number of nitrogens with zero attached hydrogens (tertiary/aromatic N) is 3. The lowest BCUT2D eigenvalue weighted by Gasteiger charge is -2.26. The Morgan fingerprint density at radius 1 is 1.22 bits per heavy atom. The van der Waals surface area contributed by atoms with Gasteiger partial charge in [-0.05, 0) is 44.4 Å². The predicted octanol–water partition coefficient (Wildman–Crippen LogP) is 5.79. The molecule has 1 unspecified atom stereocenters. The molecule has 1 aliphatic heterocycles. The van der Waals surface area contributed by atoms with Crippen LogP contribution in [0.3, 0.4) is 0 Å². The number of rotatable bonds is 6. The standard InChI is InChI=1S/C20H23N5S2/c1-4-25-7-8-26-20(25)15-11-21-19(10-17(15)23-13(2)3)24-14-5-6-16-18(9-14)27-12-22-16/h5-13,20H,4H2,1-3H3,(H2,21,23,24). The fourth-order valence-corrected chi connectivity index (χ4v) is 4.92. The van der Waals surface area contributed by atoms with Crippen molar-refractivity contribution in [1.29, 1.82) is 0 Å². The first-order valence-electron chi connectivity index (χ1n) is 9.08. The average molecular weight is 398 g/mol. The van der Waals surface area contributed by atoms with E-state index in [9.17, 15) is 0 Å². The highest BCUT2D eigenvalue weighted by atomic mass is 32.2. The van der Waals surface area contributed by atoms with Crippen molar-refractivity contribution in [1.82, 2.24) is 14.9 Å². The van der Waals surface area contributed by atoms with Crippen LogP contribution in [0.25, 0.3) is 10.2 Å². The smallest absolute Gasteiger partial charge is 0.132 e. The maximum atomic E-state index is 4.69. The molecule has 0 bridgehead atoms. The van der Waals surface area contributed by atoms with E-state index in [0.717, 1.165) is 29.3 Å². The summed E-state index contributed by atoms with van der Waals surface area (Å²) in [4.78, 5) is 11.4. The van der Waals surface area contributed by atoms with Crippen LogP contribution >= 0.6 is 23.1 Å². The Bertz CT molecular complexity index is 966. The summed E-state index contributed by atoms with van der Waals surface area (Å²) in [6.07, 6.45) is 4.15. The van der Waals surface area contributed by atoms with Gasteiger partial charge in [-0.1, -0.05) is 0 Å². The molecule has 4 rings (SSSR count). The summed E-state index contributed by atoms with van der Waals surface area (Å²) in [6, 6.07) is 8.66.